The standard InChI is InChI=1S/C26H36N2O2/c1-20(2)30-25-8-4-6-22(18-25)7-5-15-27-26(29)24-11-9-23(10-12-24)19-28-16-13-21(3)14-17-28/h4,6,8-12,18,20-21H,5,7,13-17,19H2,1-3H3,(H,27,29). The summed E-state index contributed by atoms with van der Waals surface area (Å²) in [5.41, 5.74) is 3.25. The van der Waals surface area contributed by atoms with Gasteiger partial charge in [-0.05, 0) is 93.9 Å². The molecular weight excluding hydrogens is 372 g/mol. The fourth-order valence-corrected chi connectivity index (χ4v) is 3.88. The lowest BCUT2D eigenvalue weighted by Gasteiger charge is -2.30. The van der Waals surface area contributed by atoms with Gasteiger partial charge in [0.05, 0.1) is 6.10 Å². The third-order valence-corrected chi connectivity index (χ3v) is 5.70. The van der Waals surface area contributed by atoms with Gasteiger partial charge in [0.2, 0.25) is 0 Å². The number of aryl methyl sites for hydroxylation is 1. The van der Waals surface area contributed by atoms with Gasteiger partial charge in [0.1, 0.15) is 5.75 Å². The normalized spacial score (nSPS) is 15.3. The monoisotopic (exact) mass is 408 g/mol. The Morgan fingerprint density at radius 3 is 2.53 bits per heavy atom. The highest BCUT2D eigenvalue weighted by atomic mass is 16.5. The van der Waals surface area contributed by atoms with Gasteiger partial charge >= 0.3 is 0 Å². The largest absolute Gasteiger partial charge is 0.491 e. The fraction of sp³-hybridized carbons (Fsp3) is 0.500. The summed E-state index contributed by atoms with van der Waals surface area (Å²) >= 11 is 0. The molecule has 2 aromatic carbocycles. The van der Waals surface area contributed by atoms with Crippen molar-refractivity contribution in [3.63, 3.8) is 0 Å². The van der Waals surface area contributed by atoms with Crippen LogP contribution in [0.4, 0.5) is 0 Å². The van der Waals surface area contributed by atoms with Gasteiger partial charge in [0.25, 0.3) is 5.91 Å². The number of hydrogen-bond acceptors (Lipinski definition) is 3. The van der Waals surface area contributed by atoms with Gasteiger partial charge in [-0.2, -0.15) is 0 Å². The summed E-state index contributed by atoms with van der Waals surface area (Å²) in [5.74, 6) is 1.76. The van der Waals surface area contributed by atoms with E-state index >= 15 is 0 Å². The van der Waals surface area contributed by atoms with E-state index in [4.69, 9.17) is 4.74 Å². The van der Waals surface area contributed by atoms with E-state index in [2.05, 4.69) is 41.4 Å². The molecule has 1 amide bonds. The number of nitrogens with zero attached hydrogens (tertiary/aromatic N) is 1. The fourth-order valence-electron chi connectivity index (χ4n) is 3.88. The van der Waals surface area contributed by atoms with Gasteiger partial charge in [-0.15, -0.1) is 0 Å². The zero-order chi connectivity index (χ0) is 21.3. The van der Waals surface area contributed by atoms with Crippen molar-refractivity contribution >= 4 is 5.91 Å². The molecule has 1 fully saturated rings. The van der Waals surface area contributed by atoms with E-state index in [1.807, 2.05) is 38.1 Å². The molecule has 0 radical (unpaired) electrons. The van der Waals surface area contributed by atoms with Crippen molar-refractivity contribution in [2.24, 2.45) is 5.92 Å². The predicted octanol–water partition coefficient (Wildman–Crippen LogP) is 5.07. The lowest BCUT2D eigenvalue weighted by molar-refractivity contribution is 0.0953. The summed E-state index contributed by atoms with van der Waals surface area (Å²) in [6, 6.07) is 16.3. The molecule has 0 saturated carbocycles. The van der Waals surface area contributed by atoms with Gasteiger partial charge in [-0.25, -0.2) is 0 Å². The number of nitrogens with one attached hydrogen (secondary N) is 1. The lowest BCUT2D eigenvalue weighted by atomic mass is 9.99. The summed E-state index contributed by atoms with van der Waals surface area (Å²) in [6.07, 6.45) is 4.57. The van der Waals surface area contributed by atoms with Crippen LogP contribution in [0.2, 0.25) is 0 Å². The Labute approximate surface area is 181 Å². The molecule has 4 nitrogen and oxygen atoms in total. The maximum atomic E-state index is 12.4. The highest BCUT2D eigenvalue weighted by molar-refractivity contribution is 5.94. The minimum atomic E-state index is 0.00485. The summed E-state index contributed by atoms with van der Waals surface area (Å²) in [4.78, 5) is 14.9. The second-order valence-corrected chi connectivity index (χ2v) is 8.83. The molecule has 0 unspecified atom stereocenters. The molecule has 1 aliphatic rings. The Morgan fingerprint density at radius 2 is 1.83 bits per heavy atom. The minimum absolute atomic E-state index is 0.00485. The number of carbonyl (C=O) groups is 1. The predicted molar refractivity (Wildman–Crippen MR) is 123 cm³/mol. The number of piperidine rings is 1. The molecule has 162 valence electrons. The Morgan fingerprint density at radius 1 is 1.10 bits per heavy atom. The first kappa shape index (κ1) is 22.4. The summed E-state index contributed by atoms with van der Waals surface area (Å²) in [5, 5.41) is 3.04. The second-order valence-electron chi connectivity index (χ2n) is 8.83. The summed E-state index contributed by atoms with van der Waals surface area (Å²) in [7, 11) is 0. The zero-order valence-corrected chi connectivity index (χ0v) is 18.7. The van der Waals surface area contributed by atoms with E-state index < -0.39 is 0 Å². The molecule has 1 N–H and O–H groups in total. The molecule has 0 bridgehead atoms. The number of likely N-dealkylation sites (tertiary alicyclic amines) is 1. The maximum absolute atomic E-state index is 12.4. The molecule has 4 heteroatoms. The van der Waals surface area contributed by atoms with Gasteiger partial charge < -0.3 is 10.1 Å². The van der Waals surface area contributed by atoms with Gasteiger partial charge in [-0.1, -0.05) is 31.2 Å². The van der Waals surface area contributed by atoms with Crippen molar-refractivity contribution in [3.05, 3.63) is 65.2 Å². The zero-order valence-electron chi connectivity index (χ0n) is 18.7. The number of benzene rings is 2. The van der Waals surface area contributed by atoms with Crippen LogP contribution in [0.1, 0.15) is 61.5 Å². The molecule has 0 aliphatic carbocycles. The lowest BCUT2D eigenvalue weighted by Crippen LogP contribution is -2.32. The van der Waals surface area contributed by atoms with Crippen LogP contribution in [-0.2, 0) is 13.0 Å². The van der Waals surface area contributed by atoms with Crippen molar-refractivity contribution < 1.29 is 9.53 Å². The molecule has 0 aromatic heterocycles. The molecular formula is C26H36N2O2. The van der Waals surface area contributed by atoms with E-state index in [0.717, 1.165) is 36.6 Å². The molecule has 1 saturated heterocycles. The average Bonchev–Trinajstić information content (AvgIpc) is 2.73. The average molecular weight is 409 g/mol. The Balaban J connectivity index is 1.39. The SMILES string of the molecule is CC1CCN(Cc2ccc(C(=O)NCCCc3cccc(OC(C)C)c3)cc2)CC1. The summed E-state index contributed by atoms with van der Waals surface area (Å²) < 4.78 is 5.75. The van der Waals surface area contributed by atoms with Crippen molar-refractivity contribution in [1.82, 2.24) is 10.2 Å². The van der Waals surface area contributed by atoms with Crippen LogP contribution in [0.3, 0.4) is 0 Å². The van der Waals surface area contributed by atoms with Crippen molar-refractivity contribution in [1.29, 1.82) is 0 Å². The van der Waals surface area contributed by atoms with Crippen molar-refractivity contribution in [2.75, 3.05) is 19.6 Å². The van der Waals surface area contributed by atoms with Crippen LogP contribution in [0.5, 0.6) is 5.75 Å². The first-order valence-electron chi connectivity index (χ1n) is 11.3. The van der Waals surface area contributed by atoms with Crippen LogP contribution in [0.25, 0.3) is 0 Å². The Kier molecular flexibility index (Phi) is 8.32. The third kappa shape index (κ3) is 7.17. The van der Waals surface area contributed by atoms with Gasteiger partial charge in [-0.3, -0.25) is 9.69 Å². The number of rotatable bonds is 9. The van der Waals surface area contributed by atoms with Crippen molar-refractivity contribution in [3.8, 4) is 5.75 Å². The molecule has 1 aliphatic heterocycles. The van der Waals surface area contributed by atoms with Crippen LogP contribution in [-0.4, -0.2) is 36.5 Å². The number of ether oxygens (including phenoxy) is 1. The van der Waals surface area contributed by atoms with Crippen LogP contribution >= 0.6 is 0 Å². The minimum Gasteiger partial charge on any atom is -0.491 e. The van der Waals surface area contributed by atoms with Crippen LogP contribution < -0.4 is 10.1 Å². The van der Waals surface area contributed by atoms with Crippen LogP contribution in [0, 0.1) is 5.92 Å². The first-order valence-corrected chi connectivity index (χ1v) is 11.3. The van der Waals surface area contributed by atoms with E-state index in [-0.39, 0.29) is 12.0 Å². The summed E-state index contributed by atoms with van der Waals surface area (Å²) in [6.45, 7) is 10.4. The van der Waals surface area contributed by atoms with E-state index in [0.29, 0.717) is 6.54 Å². The third-order valence-electron chi connectivity index (χ3n) is 5.70. The quantitative estimate of drug-likeness (QED) is 0.589. The molecule has 0 atom stereocenters. The highest BCUT2D eigenvalue weighted by Crippen LogP contribution is 2.18. The Hall–Kier alpha value is -2.33. The number of carbonyl (C=O) groups excluding carboxylic acids is 1. The van der Waals surface area contributed by atoms with Crippen LogP contribution in [0.15, 0.2) is 48.5 Å². The molecule has 0 spiro atoms. The maximum Gasteiger partial charge on any atom is 0.251 e. The van der Waals surface area contributed by atoms with Gasteiger partial charge in [0, 0.05) is 18.7 Å². The molecule has 1 heterocycles. The second kappa shape index (κ2) is 11.2. The van der Waals surface area contributed by atoms with Crippen molar-refractivity contribution in [2.45, 2.75) is 59.1 Å². The van der Waals surface area contributed by atoms with Gasteiger partial charge in [0.15, 0.2) is 0 Å². The molecule has 3 rings (SSSR count). The van der Waals surface area contributed by atoms with E-state index in [1.54, 1.807) is 0 Å². The molecule has 2 aromatic rings. The van der Waals surface area contributed by atoms with E-state index in [9.17, 15) is 4.79 Å². The molecule has 30 heavy (non-hydrogen) atoms. The number of amides is 1. The number of hydrogen-bond donors (Lipinski definition) is 1. The van der Waals surface area contributed by atoms with E-state index in [1.165, 1.54) is 37.1 Å². The topological polar surface area (TPSA) is 41.6 Å². The first-order chi connectivity index (χ1) is 14.5. The highest BCUT2D eigenvalue weighted by Gasteiger charge is 2.15. The Bertz CT molecular complexity index is 793. The smallest absolute Gasteiger partial charge is 0.251 e.